The maximum absolute atomic E-state index is 5.08. The van der Waals surface area contributed by atoms with Crippen molar-refractivity contribution < 1.29 is 4.42 Å². The van der Waals surface area contributed by atoms with Crippen molar-refractivity contribution in [3.8, 4) is 12.3 Å². The third kappa shape index (κ3) is 2.26. The van der Waals surface area contributed by atoms with E-state index in [0.29, 0.717) is 12.3 Å². The van der Waals surface area contributed by atoms with Crippen molar-refractivity contribution in [1.29, 1.82) is 0 Å². The quantitative estimate of drug-likeness (QED) is 0.473. The van der Waals surface area contributed by atoms with Crippen LogP contribution in [0.2, 0.25) is 0 Å². The molecule has 0 spiro atoms. The molecule has 0 aliphatic rings. The Morgan fingerprint density at radius 3 is 3.27 bits per heavy atom. The Kier molecular flexibility index (Phi) is 2.45. The summed E-state index contributed by atoms with van der Waals surface area (Å²) in [6, 6.07) is 0. The van der Waals surface area contributed by atoms with Gasteiger partial charge < -0.3 is 4.42 Å². The van der Waals surface area contributed by atoms with Crippen LogP contribution in [0.3, 0.4) is 0 Å². The minimum atomic E-state index is 0.498. The molecule has 1 aromatic heterocycles. The van der Waals surface area contributed by atoms with E-state index in [4.69, 9.17) is 10.8 Å². The molecule has 0 N–H and O–H groups in total. The Bertz CT molecular complexity index is 280. The van der Waals surface area contributed by atoms with Crippen LogP contribution in [-0.2, 0) is 0 Å². The summed E-state index contributed by atoms with van der Waals surface area (Å²) in [4.78, 5) is 7.76. The number of hydrogen-bond donors (Lipinski definition) is 0. The van der Waals surface area contributed by atoms with Crippen LogP contribution in [0.15, 0.2) is 22.0 Å². The number of rotatable bonds is 2. The van der Waals surface area contributed by atoms with Gasteiger partial charge in [-0.25, -0.2) is 9.98 Å². The fraction of sp³-hybridized carbons (Fsp3) is 0.250. The van der Waals surface area contributed by atoms with E-state index in [1.54, 1.807) is 6.20 Å². The zero-order valence-corrected chi connectivity index (χ0v) is 6.24. The molecule has 0 saturated heterocycles. The molecule has 1 aromatic rings. The van der Waals surface area contributed by atoms with Crippen LogP contribution < -0.4 is 0 Å². The minimum absolute atomic E-state index is 0.498. The monoisotopic (exact) mass is 148 g/mol. The highest BCUT2D eigenvalue weighted by atomic mass is 16.3. The number of aliphatic imine (C=N–C) groups is 1. The molecule has 11 heavy (non-hydrogen) atoms. The van der Waals surface area contributed by atoms with E-state index in [0.717, 1.165) is 5.71 Å². The fourth-order valence-electron chi connectivity index (χ4n) is 0.640. The Hall–Kier alpha value is -1.56. The van der Waals surface area contributed by atoms with Gasteiger partial charge in [0.2, 0.25) is 5.88 Å². The van der Waals surface area contributed by atoms with Crippen molar-refractivity contribution in [1.82, 2.24) is 4.98 Å². The first-order chi connectivity index (χ1) is 5.33. The summed E-state index contributed by atoms with van der Waals surface area (Å²) in [5, 5.41) is 0. The maximum atomic E-state index is 5.08. The van der Waals surface area contributed by atoms with Crippen molar-refractivity contribution in [2.75, 3.05) is 0 Å². The van der Waals surface area contributed by atoms with Crippen molar-refractivity contribution in [3.63, 3.8) is 0 Å². The van der Waals surface area contributed by atoms with Gasteiger partial charge in [-0.1, -0.05) is 0 Å². The molecule has 1 rings (SSSR count). The van der Waals surface area contributed by atoms with Gasteiger partial charge in [0, 0.05) is 12.1 Å². The van der Waals surface area contributed by atoms with Gasteiger partial charge in [-0.05, 0) is 6.92 Å². The highest BCUT2D eigenvalue weighted by Crippen LogP contribution is 2.09. The van der Waals surface area contributed by atoms with E-state index in [1.807, 2.05) is 6.92 Å². The molecule has 0 fully saturated rings. The molecule has 0 aliphatic carbocycles. The Morgan fingerprint density at radius 2 is 2.73 bits per heavy atom. The summed E-state index contributed by atoms with van der Waals surface area (Å²) >= 11 is 0. The summed E-state index contributed by atoms with van der Waals surface area (Å²) in [6.07, 6.45) is 8.50. The van der Waals surface area contributed by atoms with Gasteiger partial charge in [0.25, 0.3) is 0 Å². The lowest BCUT2D eigenvalue weighted by Gasteiger charge is -1.88. The molecule has 3 nitrogen and oxygen atoms in total. The molecule has 0 amide bonds. The molecular formula is C8H8N2O. The summed E-state index contributed by atoms with van der Waals surface area (Å²) < 4.78 is 4.88. The van der Waals surface area contributed by atoms with Crippen LogP contribution in [0.4, 0.5) is 5.88 Å². The zero-order chi connectivity index (χ0) is 8.10. The summed E-state index contributed by atoms with van der Waals surface area (Å²) in [7, 11) is 0. The van der Waals surface area contributed by atoms with Gasteiger partial charge in [0.1, 0.15) is 0 Å². The standard InChI is InChI=1S/C8H8N2O/c1-3-4-7(2)10-8-5-9-6-11-8/h1,5-6H,4H2,2H3. The topological polar surface area (TPSA) is 38.4 Å². The molecule has 0 bridgehead atoms. The number of terminal acetylenes is 1. The molecule has 3 heteroatoms. The molecule has 0 radical (unpaired) electrons. The normalized spacial score (nSPS) is 11.1. The fourth-order valence-corrected chi connectivity index (χ4v) is 0.640. The van der Waals surface area contributed by atoms with Crippen molar-refractivity contribution >= 4 is 11.6 Å². The van der Waals surface area contributed by atoms with Crippen LogP contribution in [-0.4, -0.2) is 10.7 Å². The van der Waals surface area contributed by atoms with E-state index < -0.39 is 0 Å². The Balaban J connectivity index is 2.68. The SMILES string of the molecule is C#CCC(C)=Nc1cnco1. The van der Waals surface area contributed by atoms with Crippen molar-refractivity contribution in [2.45, 2.75) is 13.3 Å². The largest absolute Gasteiger partial charge is 0.426 e. The first-order valence-corrected chi connectivity index (χ1v) is 3.19. The predicted octanol–water partition coefficient (Wildman–Crippen LogP) is 1.79. The first kappa shape index (κ1) is 7.55. The van der Waals surface area contributed by atoms with Gasteiger partial charge in [0.15, 0.2) is 6.39 Å². The number of aromatic nitrogens is 1. The van der Waals surface area contributed by atoms with Crippen molar-refractivity contribution in [3.05, 3.63) is 12.6 Å². The Labute approximate surface area is 65.2 Å². The third-order valence-electron chi connectivity index (χ3n) is 1.08. The molecular weight excluding hydrogens is 140 g/mol. The molecule has 56 valence electrons. The van der Waals surface area contributed by atoms with Gasteiger partial charge in [0.05, 0.1) is 6.20 Å². The maximum Gasteiger partial charge on any atom is 0.239 e. The first-order valence-electron chi connectivity index (χ1n) is 3.19. The van der Waals surface area contributed by atoms with E-state index in [1.165, 1.54) is 6.39 Å². The number of hydrogen-bond acceptors (Lipinski definition) is 3. The van der Waals surface area contributed by atoms with E-state index in [-0.39, 0.29) is 0 Å². The summed E-state index contributed by atoms with van der Waals surface area (Å²) in [5.74, 6) is 2.98. The molecule has 0 saturated carbocycles. The molecule has 0 atom stereocenters. The predicted molar refractivity (Wildman–Crippen MR) is 42.7 cm³/mol. The smallest absolute Gasteiger partial charge is 0.239 e. The average molecular weight is 148 g/mol. The van der Waals surface area contributed by atoms with Crippen LogP contribution in [0.25, 0.3) is 0 Å². The number of oxazole rings is 1. The second-order valence-electron chi connectivity index (χ2n) is 2.07. The van der Waals surface area contributed by atoms with Gasteiger partial charge in [-0.15, -0.1) is 12.3 Å². The van der Waals surface area contributed by atoms with Crippen molar-refractivity contribution in [2.24, 2.45) is 4.99 Å². The highest BCUT2D eigenvalue weighted by molar-refractivity contribution is 5.85. The van der Waals surface area contributed by atoms with E-state index >= 15 is 0 Å². The lowest BCUT2D eigenvalue weighted by Crippen LogP contribution is -1.85. The minimum Gasteiger partial charge on any atom is -0.426 e. The van der Waals surface area contributed by atoms with Gasteiger partial charge in [-0.2, -0.15) is 0 Å². The lowest BCUT2D eigenvalue weighted by molar-refractivity contribution is 0.568. The third-order valence-corrected chi connectivity index (χ3v) is 1.08. The van der Waals surface area contributed by atoms with Crippen LogP contribution in [0.5, 0.6) is 0 Å². The molecule has 0 aromatic carbocycles. The van der Waals surface area contributed by atoms with Gasteiger partial charge >= 0.3 is 0 Å². The second-order valence-corrected chi connectivity index (χ2v) is 2.07. The zero-order valence-electron chi connectivity index (χ0n) is 6.24. The molecule has 0 unspecified atom stereocenters. The highest BCUT2D eigenvalue weighted by Gasteiger charge is 1.92. The second kappa shape index (κ2) is 3.57. The number of nitrogens with zero attached hydrogens (tertiary/aromatic N) is 2. The average Bonchev–Trinajstić information content (AvgIpc) is 2.40. The molecule has 0 aliphatic heterocycles. The van der Waals surface area contributed by atoms with E-state index in [2.05, 4.69) is 15.9 Å². The molecule has 1 heterocycles. The summed E-state index contributed by atoms with van der Waals surface area (Å²) in [5.41, 5.74) is 0.851. The summed E-state index contributed by atoms with van der Waals surface area (Å²) in [6.45, 7) is 1.85. The van der Waals surface area contributed by atoms with Crippen LogP contribution >= 0.6 is 0 Å². The van der Waals surface area contributed by atoms with Crippen LogP contribution in [0.1, 0.15) is 13.3 Å². The lowest BCUT2D eigenvalue weighted by atomic mass is 10.3. The Morgan fingerprint density at radius 1 is 1.91 bits per heavy atom. The van der Waals surface area contributed by atoms with Gasteiger partial charge in [-0.3, -0.25) is 0 Å². The van der Waals surface area contributed by atoms with Crippen LogP contribution in [0, 0.1) is 12.3 Å². The van der Waals surface area contributed by atoms with E-state index in [9.17, 15) is 0 Å².